The van der Waals surface area contributed by atoms with Crippen molar-refractivity contribution in [2.45, 2.75) is 60.0 Å². The Hall–Kier alpha value is -2.17. The molecular formula is C19H27N3O2. The van der Waals surface area contributed by atoms with Gasteiger partial charge in [0.1, 0.15) is 5.82 Å². The smallest absolute Gasteiger partial charge is 0.378 e. The van der Waals surface area contributed by atoms with Gasteiger partial charge in [-0.25, -0.2) is 14.5 Å². The first-order valence-electron chi connectivity index (χ1n) is 8.53. The monoisotopic (exact) mass is 329 g/mol. The van der Waals surface area contributed by atoms with Crippen LogP contribution in [0.1, 0.15) is 69.0 Å². The minimum Gasteiger partial charge on any atom is -0.457 e. The molecule has 130 valence electrons. The van der Waals surface area contributed by atoms with Gasteiger partial charge in [0.2, 0.25) is 0 Å². The number of esters is 1. The highest BCUT2D eigenvalue weighted by molar-refractivity contribution is 5.85. The molecule has 2 rings (SSSR count). The maximum Gasteiger partial charge on any atom is 0.378 e. The van der Waals surface area contributed by atoms with Gasteiger partial charge in [0, 0.05) is 0 Å². The van der Waals surface area contributed by atoms with E-state index in [2.05, 4.69) is 43.8 Å². The quantitative estimate of drug-likeness (QED) is 0.742. The molecule has 0 amide bonds. The van der Waals surface area contributed by atoms with Gasteiger partial charge < -0.3 is 4.74 Å². The third kappa shape index (κ3) is 4.22. The van der Waals surface area contributed by atoms with Gasteiger partial charge in [0.25, 0.3) is 5.82 Å². The number of para-hydroxylation sites is 1. The van der Waals surface area contributed by atoms with Crippen LogP contribution in [0.15, 0.2) is 24.3 Å². The van der Waals surface area contributed by atoms with E-state index in [4.69, 9.17) is 4.74 Å². The second-order valence-corrected chi connectivity index (χ2v) is 6.95. The summed E-state index contributed by atoms with van der Waals surface area (Å²) in [5, 5.41) is 4.39. The minimum atomic E-state index is -0.466. The van der Waals surface area contributed by atoms with Gasteiger partial charge in [-0.2, -0.15) is 0 Å². The number of nitrogens with zero attached hydrogens (tertiary/aromatic N) is 3. The van der Waals surface area contributed by atoms with Gasteiger partial charge in [-0.05, 0) is 43.7 Å². The van der Waals surface area contributed by atoms with E-state index in [0.717, 1.165) is 12.1 Å². The molecule has 0 bridgehead atoms. The van der Waals surface area contributed by atoms with Crippen LogP contribution in [0.4, 0.5) is 0 Å². The number of rotatable bonds is 6. The predicted molar refractivity (Wildman–Crippen MR) is 94.5 cm³/mol. The molecule has 0 saturated heterocycles. The molecule has 1 unspecified atom stereocenters. The Morgan fingerprint density at radius 2 is 1.83 bits per heavy atom. The molecule has 2 aromatic rings. The Balaban J connectivity index is 2.26. The lowest BCUT2D eigenvalue weighted by Crippen LogP contribution is -2.18. The molecule has 1 heterocycles. The number of ether oxygens (including phenoxy) is 1. The van der Waals surface area contributed by atoms with Crippen molar-refractivity contribution in [2.75, 3.05) is 0 Å². The molecule has 0 saturated carbocycles. The minimum absolute atomic E-state index is 0.113. The number of benzene rings is 1. The van der Waals surface area contributed by atoms with E-state index >= 15 is 0 Å². The summed E-state index contributed by atoms with van der Waals surface area (Å²) in [5.41, 5.74) is 2.12. The number of aromatic nitrogens is 3. The summed E-state index contributed by atoms with van der Waals surface area (Å²) in [5.74, 6) is 1.14. The topological polar surface area (TPSA) is 57.0 Å². The highest BCUT2D eigenvalue weighted by Crippen LogP contribution is 2.23. The van der Waals surface area contributed by atoms with Crippen LogP contribution in [0.2, 0.25) is 0 Å². The highest BCUT2D eigenvalue weighted by atomic mass is 16.5. The predicted octanol–water partition coefficient (Wildman–Crippen LogP) is 4.29. The average molecular weight is 329 g/mol. The molecule has 0 aliphatic carbocycles. The zero-order valence-corrected chi connectivity index (χ0v) is 15.4. The van der Waals surface area contributed by atoms with E-state index in [0.29, 0.717) is 17.7 Å². The summed E-state index contributed by atoms with van der Waals surface area (Å²) in [7, 11) is 0. The van der Waals surface area contributed by atoms with Gasteiger partial charge >= 0.3 is 5.97 Å². The summed E-state index contributed by atoms with van der Waals surface area (Å²) < 4.78 is 7.17. The largest absolute Gasteiger partial charge is 0.457 e. The van der Waals surface area contributed by atoms with Crippen molar-refractivity contribution >= 4 is 5.97 Å². The summed E-state index contributed by atoms with van der Waals surface area (Å²) in [6.45, 7) is 12.2. The van der Waals surface area contributed by atoms with Crippen LogP contribution in [-0.2, 0) is 4.74 Å². The molecule has 1 atom stereocenters. The van der Waals surface area contributed by atoms with Crippen molar-refractivity contribution < 1.29 is 9.53 Å². The third-order valence-electron chi connectivity index (χ3n) is 3.85. The number of hydrogen-bond donors (Lipinski definition) is 0. The van der Waals surface area contributed by atoms with Crippen LogP contribution in [0, 0.1) is 12.8 Å². The van der Waals surface area contributed by atoms with Crippen molar-refractivity contribution in [3.05, 3.63) is 41.5 Å². The Morgan fingerprint density at radius 3 is 2.46 bits per heavy atom. The van der Waals surface area contributed by atoms with Crippen LogP contribution in [-0.4, -0.2) is 26.8 Å². The van der Waals surface area contributed by atoms with Crippen molar-refractivity contribution in [3.63, 3.8) is 0 Å². The van der Waals surface area contributed by atoms with E-state index in [1.807, 2.05) is 32.0 Å². The average Bonchev–Trinajstić information content (AvgIpc) is 2.88. The lowest BCUT2D eigenvalue weighted by atomic mass is 10.0. The third-order valence-corrected chi connectivity index (χ3v) is 3.85. The summed E-state index contributed by atoms with van der Waals surface area (Å²) in [6.07, 6.45) is 0.675. The number of hydrogen-bond acceptors (Lipinski definition) is 4. The molecule has 0 aliphatic rings. The van der Waals surface area contributed by atoms with E-state index in [-0.39, 0.29) is 11.9 Å². The van der Waals surface area contributed by atoms with Crippen LogP contribution >= 0.6 is 0 Å². The molecule has 0 fully saturated rings. The maximum absolute atomic E-state index is 12.3. The van der Waals surface area contributed by atoms with Gasteiger partial charge in [-0.3, -0.25) is 0 Å². The molecule has 0 N–H and O–H groups in total. The molecule has 1 aromatic heterocycles. The molecule has 0 radical (unpaired) electrons. The second kappa shape index (κ2) is 7.60. The van der Waals surface area contributed by atoms with Crippen LogP contribution < -0.4 is 0 Å². The Kier molecular flexibility index (Phi) is 5.75. The van der Waals surface area contributed by atoms with Crippen LogP contribution in [0.5, 0.6) is 0 Å². The Morgan fingerprint density at radius 1 is 1.17 bits per heavy atom. The molecule has 24 heavy (non-hydrogen) atoms. The molecule has 5 heteroatoms. The highest BCUT2D eigenvalue weighted by Gasteiger charge is 2.20. The SMILES string of the molecule is Cc1nc(C(=O)OC(C)CC(C)C)nn1-c1ccccc1C(C)C. The number of carbonyl (C=O) groups is 1. The molecule has 5 nitrogen and oxygen atoms in total. The fourth-order valence-corrected chi connectivity index (χ4v) is 2.82. The summed E-state index contributed by atoms with van der Waals surface area (Å²) in [4.78, 5) is 16.6. The van der Waals surface area contributed by atoms with Crippen molar-refractivity contribution in [2.24, 2.45) is 5.92 Å². The fourth-order valence-electron chi connectivity index (χ4n) is 2.82. The number of aryl methyl sites for hydroxylation is 1. The lowest BCUT2D eigenvalue weighted by molar-refractivity contribution is 0.0285. The summed E-state index contributed by atoms with van der Waals surface area (Å²) >= 11 is 0. The van der Waals surface area contributed by atoms with E-state index in [1.54, 1.807) is 4.68 Å². The van der Waals surface area contributed by atoms with E-state index < -0.39 is 5.97 Å². The lowest BCUT2D eigenvalue weighted by Gasteiger charge is -2.14. The standard InChI is InChI=1S/C19H27N3O2/c1-12(2)11-14(5)24-19(23)18-20-15(6)22(21-18)17-10-8-7-9-16(17)13(3)4/h7-10,12-14H,11H2,1-6H3. The fraction of sp³-hybridized carbons (Fsp3) is 0.526. The second-order valence-electron chi connectivity index (χ2n) is 6.95. The van der Waals surface area contributed by atoms with Gasteiger partial charge in [0.15, 0.2) is 0 Å². The zero-order valence-electron chi connectivity index (χ0n) is 15.4. The van der Waals surface area contributed by atoms with E-state index in [1.165, 1.54) is 5.56 Å². The molecule has 0 spiro atoms. The summed E-state index contributed by atoms with van der Waals surface area (Å²) in [6, 6.07) is 8.04. The Bertz CT molecular complexity index is 704. The first-order valence-corrected chi connectivity index (χ1v) is 8.53. The Labute approximate surface area is 144 Å². The molecule has 1 aromatic carbocycles. The number of carbonyl (C=O) groups excluding carboxylic acids is 1. The first kappa shape index (κ1) is 18.2. The normalized spacial score (nSPS) is 12.7. The van der Waals surface area contributed by atoms with Crippen molar-refractivity contribution in [3.8, 4) is 5.69 Å². The van der Waals surface area contributed by atoms with Crippen LogP contribution in [0.3, 0.4) is 0 Å². The van der Waals surface area contributed by atoms with Gasteiger partial charge in [-0.15, -0.1) is 5.10 Å². The van der Waals surface area contributed by atoms with E-state index in [9.17, 15) is 4.79 Å². The maximum atomic E-state index is 12.3. The van der Waals surface area contributed by atoms with Crippen LogP contribution in [0.25, 0.3) is 5.69 Å². The first-order chi connectivity index (χ1) is 11.3. The van der Waals surface area contributed by atoms with Crippen molar-refractivity contribution in [1.82, 2.24) is 14.8 Å². The van der Waals surface area contributed by atoms with Crippen molar-refractivity contribution in [1.29, 1.82) is 0 Å². The van der Waals surface area contributed by atoms with Gasteiger partial charge in [0.05, 0.1) is 11.8 Å². The van der Waals surface area contributed by atoms with Gasteiger partial charge in [-0.1, -0.05) is 45.9 Å². The zero-order chi connectivity index (χ0) is 17.9. The molecular weight excluding hydrogens is 302 g/mol. The molecule has 0 aliphatic heterocycles.